The van der Waals surface area contributed by atoms with Crippen LogP contribution in [0.5, 0.6) is 0 Å². The molecule has 10 unspecified atom stereocenters. The van der Waals surface area contributed by atoms with Crippen LogP contribution >= 0.6 is 16.2 Å². The maximum absolute atomic E-state index is 13.4. The van der Waals surface area contributed by atoms with Gasteiger partial charge in [0.1, 0.15) is 42.5 Å². The quantitative estimate of drug-likeness (QED) is 0.116. The summed E-state index contributed by atoms with van der Waals surface area (Å²) in [6.45, 7) is -0.992. The maximum Gasteiger partial charge on any atom is 0.330 e. The van der Waals surface area contributed by atoms with Crippen LogP contribution in [0.4, 0.5) is 11.8 Å². The summed E-state index contributed by atoms with van der Waals surface area (Å²) in [6.07, 6.45) is -5.67. The molecule has 0 saturated carbocycles. The van der Waals surface area contributed by atoms with Gasteiger partial charge in [-0.25, -0.2) is 19.9 Å². The summed E-state index contributed by atoms with van der Waals surface area (Å²) in [5.41, 5.74) is 11.4. The third-order valence-electron chi connectivity index (χ3n) is 7.64. The first kappa shape index (κ1) is 29.5. The molecule has 3 aliphatic heterocycles. The molecule has 44 heavy (non-hydrogen) atoms. The summed E-state index contributed by atoms with van der Waals surface area (Å²) in [7, 11) is -7.23. The van der Waals surface area contributed by atoms with Gasteiger partial charge in [0.2, 0.25) is 5.95 Å². The van der Waals surface area contributed by atoms with Crippen molar-refractivity contribution in [2.45, 2.75) is 43.0 Å². The number of H-pyrrole nitrogens is 1. The Labute approximate surface area is 246 Å². The van der Waals surface area contributed by atoms with Crippen LogP contribution in [0.15, 0.2) is 23.8 Å². The zero-order valence-electron chi connectivity index (χ0n) is 22.3. The third kappa shape index (κ3) is 5.05. The van der Waals surface area contributed by atoms with Crippen molar-refractivity contribution in [3.8, 4) is 0 Å². The molecule has 23 heteroatoms. The number of nitrogens with two attached hydrogens (primary N) is 2. The summed E-state index contributed by atoms with van der Waals surface area (Å²) >= 11 is 0. The molecule has 10 atom stereocenters. The highest BCUT2D eigenvalue weighted by Gasteiger charge is 2.52. The lowest BCUT2D eigenvalue weighted by Crippen LogP contribution is -2.35. The van der Waals surface area contributed by atoms with Crippen LogP contribution in [0.2, 0.25) is 0 Å². The number of anilines is 2. The van der Waals surface area contributed by atoms with E-state index in [0.717, 1.165) is 0 Å². The minimum Gasteiger partial charge on any atom is -0.390 e. The van der Waals surface area contributed by atoms with Gasteiger partial charge in [0.25, 0.3) is 5.56 Å². The first-order valence-corrected chi connectivity index (χ1v) is 16.0. The number of ether oxygens (including phenoxy) is 2. The van der Waals surface area contributed by atoms with Crippen LogP contribution in [0, 0.1) is 5.92 Å². The highest BCUT2D eigenvalue weighted by molar-refractivity contribution is 7.52. The number of aromatic nitrogens is 8. The monoisotopic (exact) mass is 656 g/mol. The zero-order chi connectivity index (χ0) is 30.9. The molecule has 4 aromatic rings. The molecule has 7 rings (SSSR count). The average Bonchev–Trinajstić information content (AvgIpc) is 3.72. The molecule has 9 N–H and O–H groups in total. The van der Waals surface area contributed by atoms with Gasteiger partial charge < -0.3 is 54.5 Å². The van der Waals surface area contributed by atoms with E-state index in [9.17, 15) is 29.4 Å². The van der Waals surface area contributed by atoms with Gasteiger partial charge in [-0.1, -0.05) is 0 Å². The summed E-state index contributed by atoms with van der Waals surface area (Å²) < 4.78 is 44.6. The molecule has 4 aromatic heterocycles. The van der Waals surface area contributed by atoms with Gasteiger partial charge in [0.05, 0.1) is 38.1 Å². The number of nitrogens with one attached hydrogen (secondary N) is 1. The van der Waals surface area contributed by atoms with Gasteiger partial charge in [-0.05, 0) is 0 Å². The molecule has 3 fully saturated rings. The number of hydrogen-bond donors (Lipinski definition) is 7. The highest BCUT2D eigenvalue weighted by Crippen LogP contribution is 2.52. The predicted molar refractivity (Wildman–Crippen MR) is 146 cm³/mol. The fourth-order valence-electron chi connectivity index (χ4n) is 5.59. The van der Waals surface area contributed by atoms with Crippen molar-refractivity contribution in [3.63, 3.8) is 0 Å². The van der Waals surface area contributed by atoms with Crippen molar-refractivity contribution in [2.75, 3.05) is 30.8 Å². The first-order chi connectivity index (χ1) is 21.0. The average molecular weight is 656 g/mol. The van der Waals surface area contributed by atoms with Gasteiger partial charge >= 0.3 is 16.2 Å². The fraction of sp³-hybridized carbons (Fsp3) is 0.524. The molecule has 21 nitrogen and oxygen atoms in total. The Morgan fingerprint density at radius 1 is 0.977 bits per heavy atom. The minimum absolute atomic E-state index is 0.0128. The number of aromatic amines is 1. The highest BCUT2D eigenvalue weighted by atomic mass is 31.2. The Bertz CT molecular complexity index is 1820. The van der Waals surface area contributed by atoms with E-state index in [0.29, 0.717) is 0 Å². The van der Waals surface area contributed by atoms with Crippen LogP contribution < -0.4 is 17.0 Å². The van der Waals surface area contributed by atoms with Crippen molar-refractivity contribution in [3.05, 3.63) is 29.3 Å². The number of rotatable bonds is 2. The van der Waals surface area contributed by atoms with Crippen molar-refractivity contribution < 1.29 is 47.6 Å². The third-order valence-corrected chi connectivity index (χ3v) is 9.87. The molecule has 0 radical (unpaired) electrons. The molecule has 0 aliphatic carbocycles. The minimum atomic E-state index is -4.52. The SMILES string of the molecule is Nc1nc2c(ncn2C2OC3COP(O)OC4C(COP(=O)(O)CC2C3O)OC(n2cnc3c(N)ncnc32)C4O)c(=O)[nH]1. The van der Waals surface area contributed by atoms with E-state index in [4.69, 9.17) is 34.5 Å². The lowest BCUT2D eigenvalue weighted by Gasteiger charge is -2.25. The Kier molecular flexibility index (Phi) is 7.38. The number of aliphatic hydroxyl groups excluding tert-OH is 2. The maximum atomic E-state index is 13.4. The van der Waals surface area contributed by atoms with E-state index in [-0.39, 0.29) is 34.1 Å². The zero-order valence-corrected chi connectivity index (χ0v) is 24.1. The van der Waals surface area contributed by atoms with Crippen molar-refractivity contribution in [1.29, 1.82) is 0 Å². The molecular weight excluding hydrogens is 630 g/mol. The summed E-state index contributed by atoms with van der Waals surface area (Å²) in [5, 5.41) is 22.3. The molecule has 3 aliphatic rings. The first-order valence-electron chi connectivity index (χ1n) is 13.1. The number of nitrogen functional groups attached to an aromatic ring is 2. The topological polar surface area (TPSA) is 303 Å². The number of imidazole rings is 2. The van der Waals surface area contributed by atoms with E-state index in [1.54, 1.807) is 0 Å². The molecule has 3 saturated heterocycles. The summed E-state index contributed by atoms with van der Waals surface area (Å²) in [5.74, 6) is -1.21. The van der Waals surface area contributed by atoms with Gasteiger partial charge in [-0.2, -0.15) is 4.98 Å². The molecular formula is C21H26N10O11P2. The number of fused-ring (bicyclic) bond motifs is 5. The van der Waals surface area contributed by atoms with Gasteiger partial charge in [-0.15, -0.1) is 0 Å². The standard InChI is InChI=1S/C21H26N10O11P2/c22-15-10-16(25-4-24-15)30(5-26-10)20-13(33)14-9(41-20)2-39-44(36,37)3-7-12(32)8(1-38-43(35)42-14)40-19(7)31-6-27-11-17(31)28-21(23)29-18(11)34/h4-9,12-14,19-20,32-33,35H,1-3H2,(H,36,37)(H2,22,24,25)(H3,23,28,29,34). The lowest BCUT2D eigenvalue weighted by molar-refractivity contribution is -0.0518. The van der Waals surface area contributed by atoms with E-state index in [1.165, 1.54) is 28.1 Å². The van der Waals surface area contributed by atoms with E-state index in [1.807, 2.05) is 0 Å². The Hall–Kier alpha value is -3.20. The van der Waals surface area contributed by atoms with E-state index < -0.39 is 90.0 Å². The molecule has 236 valence electrons. The second kappa shape index (κ2) is 11.0. The van der Waals surface area contributed by atoms with Crippen LogP contribution in [-0.4, -0.2) is 109 Å². The van der Waals surface area contributed by atoms with Gasteiger partial charge in [0.15, 0.2) is 28.9 Å². The number of aliphatic hydroxyl groups is 2. The van der Waals surface area contributed by atoms with Crippen LogP contribution in [-0.2, 0) is 27.6 Å². The van der Waals surface area contributed by atoms with E-state index >= 15 is 0 Å². The second-order valence-electron chi connectivity index (χ2n) is 10.4. The van der Waals surface area contributed by atoms with E-state index in [2.05, 4.69) is 29.9 Å². The van der Waals surface area contributed by atoms with Crippen molar-refractivity contribution >= 4 is 50.3 Å². The van der Waals surface area contributed by atoms with Crippen LogP contribution in [0.1, 0.15) is 12.5 Å². The summed E-state index contributed by atoms with van der Waals surface area (Å²) in [6, 6.07) is 0. The Balaban J connectivity index is 1.18. The normalized spacial score (nSPS) is 36.6. The number of hydrogen-bond acceptors (Lipinski definition) is 17. The fourth-order valence-corrected chi connectivity index (χ4v) is 7.81. The van der Waals surface area contributed by atoms with Gasteiger partial charge in [0, 0.05) is 5.92 Å². The molecule has 0 aromatic carbocycles. The van der Waals surface area contributed by atoms with Gasteiger partial charge in [-0.3, -0.25) is 23.5 Å². The van der Waals surface area contributed by atoms with Crippen molar-refractivity contribution in [1.82, 2.24) is 39.0 Å². The number of nitrogens with zero attached hydrogens (tertiary/aromatic N) is 7. The Morgan fingerprint density at radius 3 is 2.50 bits per heavy atom. The summed E-state index contributed by atoms with van der Waals surface area (Å²) in [4.78, 5) is 56.5. The smallest absolute Gasteiger partial charge is 0.330 e. The predicted octanol–water partition coefficient (Wildman–Crippen LogP) is -1.91. The lowest BCUT2D eigenvalue weighted by atomic mass is 10.0. The largest absolute Gasteiger partial charge is 0.390 e. The molecule has 0 amide bonds. The second-order valence-corrected chi connectivity index (χ2v) is 13.2. The van der Waals surface area contributed by atoms with Crippen LogP contribution in [0.25, 0.3) is 22.3 Å². The molecule has 0 spiro atoms. The molecule has 2 bridgehead atoms. The van der Waals surface area contributed by atoms with Crippen molar-refractivity contribution in [2.24, 2.45) is 5.92 Å². The Morgan fingerprint density at radius 2 is 1.70 bits per heavy atom. The molecule has 7 heterocycles. The van der Waals surface area contributed by atoms with Crippen LogP contribution in [0.3, 0.4) is 0 Å².